The molecular weight excluding hydrogens is 438 g/mol. The molecule has 3 N–H and O–H groups in total. The number of hydrogen-bond donors (Lipinski definition) is 2. The minimum absolute atomic E-state index is 0.0152. The Kier molecular flexibility index (Phi) is 7.93. The number of hydrogen-bond acceptors (Lipinski definition) is 6. The largest absolute Gasteiger partial charge is 0.383 e. The predicted octanol–water partition coefficient (Wildman–Crippen LogP) is 1.37. The van der Waals surface area contributed by atoms with Crippen molar-refractivity contribution in [2.45, 2.75) is 40.2 Å². The molecule has 2 heterocycles. The molecule has 1 aromatic heterocycles. The van der Waals surface area contributed by atoms with Gasteiger partial charge in [0.15, 0.2) is 5.69 Å². The number of carbonyl (C=O) groups is 2. The number of rotatable bonds is 9. The first-order chi connectivity index (χ1) is 16.2. The van der Waals surface area contributed by atoms with Crippen LogP contribution in [0.25, 0.3) is 0 Å². The molecule has 3 rings (SSSR count). The lowest BCUT2D eigenvalue weighted by Gasteiger charge is -2.27. The van der Waals surface area contributed by atoms with Crippen LogP contribution in [0.2, 0.25) is 0 Å². The van der Waals surface area contributed by atoms with E-state index < -0.39 is 23.1 Å². The number of methoxy groups -OCH3 is 1. The maximum Gasteiger partial charge on any atom is 0.330 e. The summed E-state index contributed by atoms with van der Waals surface area (Å²) in [5.41, 5.74) is 6.65. The number of anilines is 3. The van der Waals surface area contributed by atoms with Crippen molar-refractivity contribution in [2.75, 3.05) is 42.3 Å². The summed E-state index contributed by atoms with van der Waals surface area (Å²) < 4.78 is 6.41. The van der Waals surface area contributed by atoms with Crippen LogP contribution in [0, 0.1) is 11.8 Å². The van der Waals surface area contributed by atoms with Crippen molar-refractivity contribution in [1.82, 2.24) is 9.55 Å². The van der Waals surface area contributed by atoms with Crippen LogP contribution in [0.4, 0.5) is 17.2 Å². The second kappa shape index (κ2) is 10.7. The van der Waals surface area contributed by atoms with E-state index in [9.17, 15) is 19.2 Å². The highest BCUT2D eigenvalue weighted by Crippen LogP contribution is 2.29. The minimum Gasteiger partial charge on any atom is -0.383 e. The average Bonchev–Trinajstić information content (AvgIpc) is 3.19. The lowest BCUT2D eigenvalue weighted by Crippen LogP contribution is -2.45. The molecule has 34 heavy (non-hydrogen) atoms. The van der Waals surface area contributed by atoms with Gasteiger partial charge < -0.3 is 20.3 Å². The van der Waals surface area contributed by atoms with Crippen molar-refractivity contribution in [3.05, 3.63) is 50.7 Å². The molecule has 0 aliphatic carbocycles. The second-order valence-corrected chi connectivity index (χ2v) is 8.91. The number of ether oxygens (including phenoxy) is 1. The molecule has 0 radical (unpaired) electrons. The van der Waals surface area contributed by atoms with E-state index in [-0.39, 0.29) is 56.0 Å². The van der Waals surface area contributed by atoms with Gasteiger partial charge in [-0.2, -0.15) is 0 Å². The highest BCUT2D eigenvalue weighted by Gasteiger charge is 2.39. The second-order valence-electron chi connectivity index (χ2n) is 8.91. The maximum atomic E-state index is 13.6. The number of H-pyrrole nitrogens is 1. The molecule has 1 atom stereocenters. The molecule has 184 valence electrons. The fourth-order valence-electron chi connectivity index (χ4n) is 4.15. The zero-order valence-electron chi connectivity index (χ0n) is 20.2. The molecule has 1 aliphatic rings. The number of nitrogens with two attached hydrogens (primary N) is 1. The molecule has 1 aromatic carbocycles. The fraction of sp³-hybridized carbons (Fsp3) is 0.500. The Labute approximate surface area is 198 Å². The van der Waals surface area contributed by atoms with E-state index in [1.807, 2.05) is 38.1 Å². The Bertz CT molecular complexity index is 1150. The average molecular weight is 472 g/mol. The molecule has 10 nitrogen and oxygen atoms in total. The SMILES string of the molecule is CCc1ccc(N2CC(C(=O)N(CCOC)c3c(N)n(CC(C)C)c(=O)[nH]c3=O)CC2=O)cc1. The van der Waals surface area contributed by atoms with Crippen molar-refractivity contribution in [3.63, 3.8) is 0 Å². The molecule has 0 saturated carbocycles. The monoisotopic (exact) mass is 471 g/mol. The third-order valence-electron chi connectivity index (χ3n) is 5.95. The van der Waals surface area contributed by atoms with Gasteiger partial charge in [0.25, 0.3) is 5.56 Å². The Balaban J connectivity index is 1.94. The van der Waals surface area contributed by atoms with Crippen LogP contribution in [-0.4, -0.2) is 48.2 Å². The number of aromatic amines is 1. The van der Waals surface area contributed by atoms with E-state index in [0.29, 0.717) is 0 Å². The standard InChI is InChI=1S/C24H33N5O5/c1-5-16-6-8-18(9-7-16)28-14-17(12-19(28)30)23(32)27(10-11-34-4)20-21(25)29(13-15(2)3)24(33)26-22(20)31/h6-9,15,17H,5,10-14,25H2,1-4H3,(H,26,31,33). The molecule has 10 heteroatoms. The maximum absolute atomic E-state index is 13.6. The Hall–Kier alpha value is -3.40. The van der Waals surface area contributed by atoms with Gasteiger partial charge in [-0.25, -0.2) is 4.79 Å². The van der Waals surface area contributed by atoms with E-state index in [1.54, 1.807) is 4.90 Å². The first kappa shape index (κ1) is 25.2. The van der Waals surface area contributed by atoms with Crippen LogP contribution in [0.1, 0.15) is 32.8 Å². The number of carbonyl (C=O) groups excluding carboxylic acids is 2. The zero-order chi connectivity index (χ0) is 25.0. The molecule has 2 aromatic rings. The van der Waals surface area contributed by atoms with Crippen LogP contribution in [0.3, 0.4) is 0 Å². The highest BCUT2D eigenvalue weighted by molar-refractivity contribution is 6.05. The van der Waals surface area contributed by atoms with Gasteiger partial charge in [0, 0.05) is 38.9 Å². The van der Waals surface area contributed by atoms with Crippen LogP contribution in [0.5, 0.6) is 0 Å². The Morgan fingerprint density at radius 1 is 1.24 bits per heavy atom. The fourth-order valence-corrected chi connectivity index (χ4v) is 4.15. The highest BCUT2D eigenvalue weighted by atomic mass is 16.5. The van der Waals surface area contributed by atoms with Crippen molar-refractivity contribution >= 4 is 29.0 Å². The first-order valence-electron chi connectivity index (χ1n) is 11.5. The molecule has 2 amide bonds. The van der Waals surface area contributed by atoms with Gasteiger partial charge in [-0.05, 0) is 30.0 Å². The summed E-state index contributed by atoms with van der Waals surface area (Å²) in [7, 11) is 1.48. The van der Waals surface area contributed by atoms with Gasteiger partial charge in [0.1, 0.15) is 5.82 Å². The van der Waals surface area contributed by atoms with Gasteiger partial charge >= 0.3 is 5.69 Å². The smallest absolute Gasteiger partial charge is 0.330 e. The summed E-state index contributed by atoms with van der Waals surface area (Å²) in [6.07, 6.45) is 0.903. The predicted molar refractivity (Wildman–Crippen MR) is 131 cm³/mol. The Morgan fingerprint density at radius 2 is 1.91 bits per heavy atom. The number of benzene rings is 1. The number of aromatic nitrogens is 2. The van der Waals surface area contributed by atoms with Crippen molar-refractivity contribution in [1.29, 1.82) is 0 Å². The minimum atomic E-state index is -0.747. The lowest BCUT2D eigenvalue weighted by atomic mass is 10.1. The molecule has 1 saturated heterocycles. The van der Waals surface area contributed by atoms with E-state index >= 15 is 0 Å². The van der Waals surface area contributed by atoms with Gasteiger partial charge in [0.2, 0.25) is 11.8 Å². The van der Waals surface area contributed by atoms with Crippen LogP contribution < -0.4 is 26.8 Å². The van der Waals surface area contributed by atoms with Gasteiger partial charge in [-0.1, -0.05) is 32.9 Å². The van der Waals surface area contributed by atoms with Gasteiger partial charge in [0.05, 0.1) is 12.5 Å². The molecule has 1 unspecified atom stereocenters. The summed E-state index contributed by atoms with van der Waals surface area (Å²) in [6.45, 7) is 6.55. The van der Waals surface area contributed by atoms with Crippen molar-refractivity contribution < 1.29 is 14.3 Å². The number of nitrogen functional groups attached to an aromatic ring is 1. The van der Waals surface area contributed by atoms with Gasteiger partial charge in [-0.3, -0.25) is 23.9 Å². The molecule has 1 fully saturated rings. The van der Waals surface area contributed by atoms with Crippen molar-refractivity contribution in [3.8, 4) is 0 Å². The van der Waals surface area contributed by atoms with E-state index in [1.165, 1.54) is 16.6 Å². The Morgan fingerprint density at radius 3 is 2.50 bits per heavy atom. The summed E-state index contributed by atoms with van der Waals surface area (Å²) >= 11 is 0. The molecule has 1 aliphatic heterocycles. The van der Waals surface area contributed by atoms with Crippen LogP contribution >= 0.6 is 0 Å². The topological polar surface area (TPSA) is 131 Å². The summed E-state index contributed by atoms with van der Waals surface area (Å²) in [6, 6.07) is 7.66. The third-order valence-corrected chi connectivity index (χ3v) is 5.95. The van der Waals surface area contributed by atoms with E-state index in [0.717, 1.165) is 17.7 Å². The lowest BCUT2D eigenvalue weighted by molar-refractivity contribution is -0.124. The van der Waals surface area contributed by atoms with E-state index in [2.05, 4.69) is 11.9 Å². The first-order valence-corrected chi connectivity index (χ1v) is 11.5. The zero-order valence-corrected chi connectivity index (χ0v) is 20.2. The summed E-state index contributed by atoms with van der Waals surface area (Å²) in [5.74, 6) is -1.24. The van der Waals surface area contributed by atoms with E-state index in [4.69, 9.17) is 10.5 Å². The number of aryl methyl sites for hydroxylation is 1. The normalized spacial score (nSPS) is 15.9. The van der Waals surface area contributed by atoms with Gasteiger partial charge in [-0.15, -0.1) is 0 Å². The van der Waals surface area contributed by atoms with Crippen LogP contribution in [-0.2, 0) is 27.3 Å². The number of nitrogens with zero attached hydrogens (tertiary/aromatic N) is 3. The molecular formula is C24H33N5O5. The third kappa shape index (κ3) is 5.22. The number of nitrogens with one attached hydrogen (secondary N) is 1. The molecule has 0 spiro atoms. The molecule has 0 bridgehead atoms. The summed E-state index contributed by atoms with van der Waals surface area (Å²) in [5, 5.41) is 0. The number of amides is 2. The summed E-state index contributed by atoms with van der Waals surface area (Å²) in [4.78, 5) is 56.6. The van der Waals surface area contributed by atoms with Crippen molar-refractivity contribution in [2.24, 2.45) is 11.8 Å². The quantitative estimate of drug-likeness (QED) is 0.568. The van der Waals surface area contributed by atoms with Crippen LogP contribution in [0.15, 0.2) is 33.9 Å².